The predicted octanol–water partition coefficient (Wildman–Crippen LogP) is 3.40. The number of rotatable bonds is 4. The molecule has 0 bridgehead atoms. The van der Waals surface area contributed by atoms with Crippen molar-refractivity contribution >= 4 is 11.7 Å². The first kappa shape index (κ1) is 18.7. The zero-order chi connectivity index (χ0) is 20.5. The highest BCUT2D eigenvalue weighted by Gasteiger charge is 2.37. The van der Waals surface area contributed by atoms with Gasteiger partial charge in [0.05, 0.1) is 18.2 Å². The van der Waals surface area contributed by atoms with Crippen LogP contribution in [-0.2, 0) is 11.3 Å². The van der Waals surface area contributed by atoms with Gasteiger partial charge in [0, 0.05) is 49.6 Å². The lowest BCUT2D eigenvalue weighted by Gasteiger charge is -2.33. The molecule has 0 spiro atoms. The Balaban J connectivity index is 1.25. The van der Waals surface area contributed by atoms with Crippen molar-refractivity contribution < 1.29 is 9.59 Å². The lowest BCUT2D eigenvalue weighted by atomic mass is 9.93. The summed E-state index contributed by atoms with van der Waals surface area (Å²) < 4.78 is 2.16. The quantitative estimate of drug-likeness (QED) is 0.673. The Morgan fingerprint density at radius 2 is 1.80 bits per heavy atom. The Morgan fingerprint density at radius 1 is 1.00 bits per heavy atom. The molecule has 0 N–H and O–H groups in total. The molecule has 3 heterocycles. The zero-order valence-corrected chi connectivity index (χ0v) is 16.8. The molecule has 6 nitrogen and oxygen atoms in total. The molecule has 1 saturated heterocycles. The highest BCUT2D eigenvalue weighted by atomic mass is 16.2. The van der Waals surface area contributed by atoms with E-state index in [-0.39, 0.29) is 17.6 Å². The lowest BCUT2D eigenvalue weighted by Crippen LogP contribution is -2.40. The van der Waals surface area contributed by atoms with Crippen LogP contribution in [-0.4, -0.2) is 44.2 Å². The molecule has 1 unspecified atom stereocenters. The van der Waals surface area contributed by atoms with E-state index in [2.05, 4.69) is 14.5 Å². The fraction of sp³-hybridized carbons (Fsp3) is 0.333. The van der Waals surface area contributed by atoms with Gasteiger partial charge in [0.2, 0.25) is 5.91 Å². The Hall–Kier alpha value is -3.28. The molecular weight excluding hydrogens is 376 g/mol. The number of likely N-dealkylation sites (tertiary alicyclic amines) is 1. The number of Topliss-reactive ketones (excluding diaryl/α,β-unsaturated/α-hetero) is 1. The van der Waals surface area contributed by atoms with Crippen molar-refractivity contribution in [1.29, 1.82) is 0 Å². The number of carbonyl (C=O) groups excluding carboxylic acids is 2. The first-order valence-corrected chi connectivity index (χ1v) is 10.5. The van der Waals surface area contributed by atoms with Crippen molar-refractivity contribution in [3.63, 3.8) is 0 Å². The standard InChI is InChI=1S/C24H24N4O2/c29-22-15-21(19-6-1-2-7-20(19)22)24(30)27-12-8-17(9-13-27)23-26-11-14-28(23)16-18-5-3-4-10-25-18/h1-7,10-11,14,17,21H,8-9,12-13,15-16H2. The van der Waals surface area contributed by atoms with Crippen molar-refractivity contribution in [2.45, 2.75) is 37.6 Å². The summed E-state index contributed by atoms with van der Waals surface area (Å²) in [5.41, 5.74) is 2.61. The minimum Gasteiger partial charge on any atom is -0.342 e. The highest BCUT2D eigenvalue weighted by molar-refractivity contribution is 6.06. The Labute approximate surface area is 175 Å². The summed E-state index contributed by atoms with van der Waals surface area (Å²) in [6.07, 6.45) is 7.72. The van der Waals surface area contributed by atoms with Gasteiger partial charge in [0.25, 0.3) is 0 Å². The van der Waals surface area contributed by atoms with E-state index in [1.165, 1.54) is 0 Å². The monoisotopic (exact) mass is 400 g/mol. The van der Waals surface area contributed by atoms with E-state index in [9.17, 15) is 9.59 Å². The second-order valence-corrected chi connectivity index (χ2v) is 8.10. The molecule has 2 aromatic heterocycles. The van der Waals surface area contributed by atoms with E-state index in [4.69, 9.17) is 0 Å². The number of pyridine rings is 1. The second-order valence-electron chi connectivity index (χ2n) is 8.10. The van der Waals surface area contributed by atoms with Crippen LogP contribution < -0.4 is 0 Å². The number of benzene rings is 1. The largest absolute Gasteiger partial charge is 0.342 e. The highest BCUT2D eigenvalue weighted by Crippen LogP contribution is 2.36. The van der Waals surface area contributed by atoms with Gasteiger partial charge in [-0.3, -0.25) is 14.6 Å². The number of hydrogen-bond acceptors (Lipinski definition) is 4. The van der Waals surface area contributed by atoms with E-state index in [0.717, 1.165) is 29.9 Å². The number of carbonyl (C=O) groups is 2. The molecule has 1 amide bonds. The van der Waals surface area contributed by atoms with Crippen molar-refractivity contribution in [3.8, 4) is 0 Å². The number of aromatic nitrogens is 3. The Kier molecular flexibility index (Phi) is 4.91. The van der Waals surface area contributed by atoms with Gasteiger partial charge in [-0.15, -0.1) is 0 Å². The fourth-order valence-electron chi connectivity index (χ4n) is 4.74. The van der Waals surface area contributed by atoms with Gasteiger partial charge in [-0.2, -0.15) is 0 Å². The van der Waals surface area contributed by atoms with Gasteiger partial charge in [-0.05, 0) is 30.5 Å². The van der Waals surface area contributed by atoms with Crippen LogP contribution in [0.2, 0.25) is 0 Å². The molecule has 0 radical (unpaired) electrons. The molecule has 30 heavy (non-hydrogen) atoms. The first-order chi connectivity index (χ1) is 14.7. The van der Waals surface area contributed by atoms with Crippen molar-refractivity contribution in [2.24, 2.45) is 0 Å². The van der Waals surface area contributed by atoms with E-state index in [0.29, 0.717) is 37.5 Å². The van der Waals surface area contributed by atoms with Crippen LogP contribution in [0.25, 0.3) is 0 Å². The lowest BCUT2D eigenvalue weighted by molar-refractivity contribution is -0.133. The van der Waals surface area contributed by atoms with E-state index >= 15 is 0 Å². The van der Waals surface area contributed by atoms with Gasteiger partial charge < -0.3 is 9.47 Å². The summed E-state index contributed by atoms with van der Waals surface area (Å²) in [6, 6.07) is 13.5. The fourth-order valence-corrected chi connectivity index (χ4v) is 4.74. The molecule has 0 saturated carbocycles. The maximum Gasteiger partial charge on any atom is 0.230 e. The van der Waals surface area contributed by atoms with Crippen LogP contribution in [0.1, 0.15) is 58.5 Å². The third-order valence-corrected chi connectivity index (χ3v) is 6.30. The molecule has 152 valence electrons. The number of nitrogens with zero attached hydrogens (tertiary/aromatic N) is 4. The average molecular weight is 400 g/mol. The van der Waals surface area contributed by atoms with Gasteiger partial charge in [0.15, 0.2) is 5.78 Å². The topological polar surface area (TPSA) is 68.1 Å². The van der Waals surface area contributed by atoms with Crippen molar-refractivity contribution in [3.05, 3.63) is 83.7 Å². The van der Waals surface area contributed by atoms with Gasteiger partial charge >= 0.3 is 0 Å². The number of imidazole rings is 1. The summed E-state index contributed by atoms with van der Waals surface area (Å²) in [6.45, 7) is 2.11. The Morgan fingerprint density at radius 3 is 2.60 bits per heavy atom. The number of ketones is 1. The average Bonchev–Trinajstić information content (AvgIpc) is 3.39. The van der Waals surface area contributed by atoms with E-state index in [1.807, 2.05) is 66.0 Å². The molecule has 3 aromatic rings. The third kappa shape index (κ3) is 3.43. The Bertz CT molecular complexity index is 1070. The summed E-state index contributed by atoms with van der Waals surface area (Å²) in [5.74, 6) is 1.23. The number of amides is 1. The zero-order valence-electron chi connectivity index (χ0n) is 16.8. The van der Waals surface area contributed by atoms with Crippen LogP contribution in [0.4, 0.5) is 0 Å². The van der Waals surface area contributed by atoms with Crippen LogP contribution in [0.3, 0.4) is 0 Å². The molecule has 1 aliphatic heterocycles. The number of hydrogen-bond donors (Lipinski definition) is 0. The molecule has 1 aromatic carbocycles. The maximum atomic E-state index is 13.2. The molecule has 2 aliphatic rings. The molecular formula is C24H24N4O2. The smallest absolute Gasteiger partial charge is 0.230 e. The van der Waals surface area contributed by atoms with Crippen LogP contribution in [0.5, 0.6) is 0 Å². The van der Waals surface area contributed by atoms with Crippen LogP contribution >= 0.6 is 0 Å². The van der Waals surface area contributed by atoms with Crippen molar-refractivity contribution in [1.82, 2.24) is 19.4 Å². The molecule has 6 heteroatoms. The molecule has 1 atom stereocenters. The van der Waals surface area contributed by atoms with Crippen LogP contribution in [0.15, 0.2) is 61.1 Å². The van der Waals surface area contributed by atoms with Crippen molar-refractivity contribution in [2.75, 3.05) is 13.1 Å². The second kappa shape index (κ2) is 7.86. The predicted molar refractivity (Wildman–Crippen MR) is 112 cm³/mol. The van der Waals surface area contributed by atoms with Gasteiger partial charge in [-0.25, -0.2) is 4.98 Å². The van der Waals surface area contributed by atoms with E-state index in [1.54, 1.807) is 0 Å². The maximum absolute atomic E-state index is 13.2. The third-order valence-electron chi connectivity index (χ3n) is 6.30. The summed E-state index contributed by atoms with van der Waals surface area (Å²) in [5, 5.41) is 0. The summed E-state index contributed by atoms with van der Waals surface area (Å²) >= 11 is 0. The van der Waals surface area contributed by atoms with Gasteiger partial charge in [-0.1, -0.05) is 30.3 Å². The molecule has 1 aliphatic carbocycles. The first-order valence-electron chi connectivity index (χ1n) is 10.5. The normalized spacial score (nSPS) is 19.1. The van der Waals surface area contributed by atoms with E-state index < -0.39 is 0 Å². The van der Waals surface area contributed by atoms with Gasteiger partial charge in [0.1, 0.15) is 5.82 Å². The summed E-state index contributed by atoms with van der Waals surface area (Å²) in [7, 11) is 0. The number of fused-ring (bicyclic) bond motifs is 1. The summed E-state index contributed by atoms with van der Waals surface area (Å²) in [4.78, 5) is 36.4. The molecule has 1 fully saturated rings. The molecule has 5 rings (SSSR count). The number of piperidine rings is 1. The minimum absolute atomic E-state index is 0.0791. The SMILES string of the molecule is O=C1CC(C(=O)N2CCC(c3nccn3Cc3ccccn3)CC2)c2ccccc21. The minimum atomic E-state index is -0.323. The van der Waals surface area contributed by atoms with Crippen LogP contribution in [0, 0.1) is 0 Å².